The predicted molar refractivity (Wildman–Crippen MR) is 112 cm³/mol. The van der Waals surface area contributed by atoms with Crippen LogP contribution in [0.5, 0.6) is 0 Å². The minimum Gasteiger partial charge on any atom is -0.344 e. The molecular formula is C22H38N2O6. The third-order valence-electron chi connectivity index (χ3n) is 5.65. The number of fused-ring (bicyclic) bond motifs is 1. The molecule has 0 aromatic heterocycles. The second-order valence-corrected chi connectivity index (χ2v) is 9.35. The van der Waals surface area contributed by atoms with Crippen LogP contribution < -0.4 is 5.43 Å². The molecule has 1 amide bonds. The number of carbonyl (C=O) groups excluding carboxylic acids is 1. The van der Waals surface area contributed by atoms with Gasteiger partial charge >= 0.3 is 0 Å². The largest absolute Gasteiger partial charge is 0.344 e. The van der Waals surface area contributed by atoms with Gasteiger partial charge < -0.3 is 23.7 Å². The molecule has 3 saturated heterocycles. The van der Waals surface area contributed by atoms with Gasteiger partial charge in [-0.25, -0.2) is 5.43 Å². The number of nitrogens with zero attached hydrogens (tertiary/aromatic N) is 1. The zero-order valence-electron chi connectivity index (χ0n) is 19.1. The van der Waals surface area contributed by atoms with Gasteiger partial charge in [-0.15, -0.1) is 0 Å². The van der Waals surface area contributed by atoms with Crippen LogP contribution >= 0.6 is 0 Å². The van der Waals surface area contributed by atoms with Gasteiger partial charge in [0.15, 0.2) is 11.6 Å². The number of amides is 1. The molecule has 3 atom stereocenters. The molecule has 3 aliphatic rings. The fourth-order valence-electron chi connectivity index (χ4n) is 4.19. The normalized spacial score (nSPS) is 33.2. The third-order valence-corrected chi connectivity index (χ3v) is 5.65. The summed E-state index contributed by atoms with van der Waals surface area (Å²) in [7, 11) is 0. The highest BCUT2D eigenvalue weighted by Gasteiger charge is 2.61. The molecule has 3 heterocycles. The van der Waals surface area contributed by atoms with Gasteiger partial charge in [-0.3, -0.25) is 4.79 Å². The topological polar surface area (TPSA) is 87.6 Å². The number of ether oxygens (including phenoxy) is 5. The Bertz CT molecular complexity index is 633. The number of rotatable bonds is 9. The summed E-state index contributed by atoms with van der Waals surface area (Å²) < 4.78 is 29.9. The van der Waals surface area contributed by atoms with E-state index in [1.807, 2.05) is 27.7 Å². The lowest BCUT2D eigenvalue weighted by Crippen LogP contribution is -2.59. The van der Waals surface area contributed by atoms with Gasteiger partial charge in [0, 0.05) is 6.42 Å². The van der Waals surface area contributed by atoms with Crippen LogP contribution in [0.2, 0.25) is 0 Å². The van der Waals surface area contributed by atoms with Crippen molar-refractivity contribution in [2.75, 3.05) is 13.2 Å². The molecule has 0 saturated carbocycles. The molecule has 172 valence electrons. The number of carbonyl (C=O) groups is 1. The Morgan fingerprint density at radius 1 is 1.00 bits per heavy atom. The van der Waals surface area contributed by atoms with E-state index in [1.165, 1.54) is 32.1 Å². The minimum absolute atomic E-state index is 0.121. The van der Waals surface area contributed by atoms with Crippen molar-refractivity contribution < 1.29 is 28.5 Å². The Balaban J connectivity index is 1.59. The highest BCUT2D eigenvalue weighted by atomic mass is 16.8. The van der Waals surface area contributed by atoms with Gasteiger partial charge in [0.05, 0.1) is 6.61 Å². The SMILES string of the molecule is CCCCCCCCCC(=O)N/N=C1\[C@@H]2OC(C)(C)O[C@@H]2CO[C@@]12COC(C)(C)O2. The minimum atomic E-state index is -1.18. The molecule has 0 aromatic rings. The van der Waals surface area contributed by atoms with Crippen LogP contribution in [0.3, 0.4) is 0 Å². The summed E-state index contributed by atoms with van der Waals surface area (Å²) >= 11 is 0. The van der Waals surface area contributed by atoms with Crippen LogP contribution in [0.15, 0.2) is 5.10 Å². The van der Waals surface area contributed by atoms with Gasteiger partial charge in [0.25, 0.3) is 0 Å². The fraction of sp³-hybridized carbons (Fsp3) is 0.909. The van der Waals surface area contributed by atoms with Crippen LogP contribution in [-0.4, -0.2) is 54.4 Å². The molecule has 0 radical (unpaired) electrons. The molecule has 0 unspecified atom stereocenters. The van der Waals surface area contributed by atoms with Crippen molar-refractivity contribution >= 4 is 11.6 Å². The number of unbranched alkanes of at least 4 members (excludes halogenated alkanes) is 6. The molecule has 8 nitrogen and oxygen atoms in total. The fourth-order valence-corrected chi connectivity index (χ4v) is 4.19. The van der Waals surface area contributed by atoms with Gasteiger partial charge in [-0.2, -0.15) is 5.10 Å². The van der Waals surface area contributed by atoms with Crippen molar-refractivity contribution in [3.63, 3.8) is 0 Å². The van der Waals surface area contributed by atoms with Crippen LogP contribution in [0.25, 0.3) is 0 Å². The lowest BCUT2D eigenvalue weighted by atomic mass is 9.98. The molecule has 3 fully saturated rings. The second-order valence-electron chi connectivity index (χ2n) is 9.35. The molecule has 3 aliphatic heterocycles. The molecular weight excluding hydrogens is 388 g/mol. The average Bonchev–Trinajstić information content (AvgIpc) is 3.15. The van der Waals surface area contributed by atoms with E-state index in [2.05, 4.69) is 17.5 Å². The van der Waals surface area contributed by atoms with Gasteiger partial charge in [0.2, 0.25) is 11.7 Å². The van der Waals surface area contributed by atoms with E-state index in [4.69, 9.17) is 23.7 Å². The number of nitrogens with one attached hydrogen (secondary N) is 1. The van der Waals surface area contributed by atoms with E-state index in [9.17, 15) is 4.79 Å². The Kier molecular flexibility index (Phi) is 7.56. The van der Waals surface area contributed by atoms with Crippen molar-refractivity contribution in [1.29, 1.82) is 0 Å². The van der Waals surface area contributed by atoms with Crippen molar-refractivity contribution in [3.05, 3.63) is 0 Å². The van der Waals surface area contributed by atoms with E-state index in [0.29, 0.717) is 18.7 Å². The number of hydrazone groups is 1. The summed E-state index contributed by atoms with van der Waals surface area (Å²) in [6.45, 7) is 10.0. The van der Waals surface area contributed by atoms with E-state index in [1.54, 1.807) is 0 Å². The lowest BCUT2D eigenvalue weighted by Gasteiger charge is -2.38. The molecule has 0 aromatic carbocycles. The third kappa shape index (κ3) is 5.79. The quantitative estimate of drug-likeness (QED) is 0.447. The Morgan fingerprint density at radius 2 is 1.70 bits per heavy atom. The summed E-state index contributed by atoms with van der Waals surface area (Å²) in [6, 6.07) is 0. The summed E-state index contributed by atoms with van der Waals surface area (Å²) in [5.41, 5.74) is 3.14. The van der Waals surface area contributed by atoms with Crippen LogP contribution in [-0.2, 0) is 28.5 Å². The van der Waals surface area contributed by atoms with Crippen molar-refractivity contribution in [1.82, 2.24) is 5.43 Å². The summed E-state index contributed by atoms with van der Waals surface area (Å²) in [4.78, 5) is 12.4. The zero-order chi connectivity index (χ0) is 21.8. The first-order valence-electron chi connectivity index (χ1n) is 11.4. The summed E-state index contributed by atoms with van der Waals surface area (Å²) in [5.74, 6) is -2.88. The molecule has 3 rings (SSSR count). The van der Waals surface area contributed by atoms with Crippen molar-refractivity contribution in [2.24, 2.45) is 5.10 Å². The Labute approximate surface area is 180 Å². The first-order chi connectivity index (χ1) is 14.2. The highest BCUT2D eigenvalue weighted by molar-refractivity contribution is 5.97. The van der Waals surface area contributed by atoms with E-state index < -0.39 is 23.5 Å². The summed E-state index contributed by atoms with van der Waals surface area (Å²) in [6.07, 6.45) is 7.79. The first-order valence-corrected chi connectivity index (χ1v) is 11.4. The van der Waals surface area contributed by atoms with Gasteiger partial charge in [0.1, 0.15) is 24.5 Å². The maximum Gasteiger partial charge on any atom is 0.240 e. The van der Waals surface area contributed by atoms with Gasteiger partial charge in [-0.1, -0.05) is 45.4 Å². The second kappa shape index (κ2) is 9.61. The number of hydrogen-bond donors (Lipinski definition) is 1. The maximum atomic E-state index is 12.4. The van der Waals surface area contributed by atoms with Crippen LogP contribution in [0.4, 0.5) is 0 Å². The van der Waals surface area contributed by atoms with E-state index >= 15 is 0 Å². The maximum absolute atomic E-state index is 12.4. The first kappa shape index (κ1) is 23.6. The standard InChI is InChI=1S/C22H38N2O6/c1-6-7-8-9-10-11-12-13-17(25)23-24-19-18-16(28-21(4,5)29-18)14-26-22(19)15-27-20(2,3)30-22/h16,18H,6-15H2,1-5H3,(H,23,25)/b24-19+/t16-,18-,22-/m1/s1. The average molecular weight is 427 g/mol. The van der Waals surface area contributed by atoms with E-state index in [-0.39, 0.29) is 18.6 Å². The summed E-state index contributed by atoms with van der Waals surface area (Å²) in [5, 5.41) is 4.41. The Morgan fingerprint density at radius 3 is 2.37 bits per heavy atom. The molecule has 0 bridgehead atoms. The number of hydrogen-bond acceptors (Lipinski definition) is 7. The molecule has 1 N–H and O–H groups in total. The molecule has 1 spiro atoms. The predicted octanol–water partition coefficient (Wildman–Crippen LogP) is 3.63. The van der Waals surface area contributed by atoms with Crippen LogP contribution in [0, 0.1) is 0 Å². The molecule has 30 heavy (non-hydrogen) atoms. The van der Waals surface area contributed by atoms with Crippen molar-refractivity contribution in [2.45, 2.75) is 116 Å². The smallest absolute Gasteiger partial charge is 0.240 e. The monoisotopic (exact) mass is 426 g/mol. The Hall–Kier alpha value is -1.06. The van der Waals surface area contributed by atoms with Crippen molar-refractivity contribution in [3.8, 4) is 0 Å². The highest BCUT2D eigenvalue weighted by Crippen LogP contribution is 2.42. The zero-order valence-corrected chi connectivity index (χ0v) is 19.1. The molecule has 8 heteroatoms. The van der Waals surface area contributed by atoms with Crippen LogP contribution in [0.1, 0.15) is 86.0 Å². The van der Waals surface area contributed by atoms with E-state index in [0.717, 1.165) is 12.8 Å². The van der Waals surface area contributed by atoms with Gasteiger partial charge in [-0.05, 0) is 34.1 Å². The molecule has 0 aliphatic carbocycles. The lowest BCUT2D eigenvalue weighted by molar-refractivity contribution is -0.236.